The van der Waals surface area contributed by atoms with Crippen molar-refractivity contribution >= 4 is 33.2 Å². The van der Waals surface area contributed by atoms with Crippen molar-refractivity contribution in [1.82, 2.24) is 9.97 Å². The minimum atomic E-state index is 0.496. The molecule has 0 radical (unpaired) electrons. The Balaban J connectivity index is 2.11. The van der Waals surface area contributed by atoms with Gasteiger partial charge in [0.25, 0.3) is 0 Å². The highest BCUT2D eigenvalue weighted by Gasteiger charge is 2.11. The monoisotopic (exact) mass is 304 g/mol. The Morgan fingerprint density at radius 2 is 2.10 bits per heavy atom. The first-order valence-corrected chi connectivity index (χ1v) is 7.53. The van der Waals surface area contributed by atoms with Crippen LogP contribution in [0.3, 0.4) is 0 Å². The van der Waals surface area contributed by atoms with Crippen LogP contribution in [0.5, 0.6) is 5.75 Å². The van der Waals surface area contributed by atoms with E-state index in [4.69, 9.17) is 16.3 Å². The normalized spacial score (nSPS) is 10.9. The highest BCUT2D eigenvalue weighted by atomic mass is 35.5. The molecule has 20 heavy (non-hydrogen) atoms. The second kappa shape index (κ2) is 5.38. The zero-order valence-corrected chi connectivity index (χ0v) is 12.8. The van der Waals surface area contributed by atoms with Crippen LogP contribution in [0.1, 0.15) is 11.8 Å². The molecule has 0 aliphatic carbocycles. The minimum absolute atomic E-state index is 0.496. The number of rotatable bonds is 3. The molecule has 2 aromatic heterocycles. The summed E-state index contributed by atoms with van der Waals surface area (Å²) in [4.78, 5) is 11.1. The summed E-state index contributed by atoms with van der Waals surface area (Å²) in [5.41, 5.74) is 0.908. The van der Waals surface area contributed by atoms with Crippen molar-refractivity contribution in [2.24, 2.45) is 0 Å². The summed E-state index contributed by atoms with van der Waals surface area (Å²) in [6.45, 7) is 4.63. The maximum atomic E-state index is 6.25. The van der Waals surface area contributed by atoms with E-state index in [1.807, 2.05) is 44.2 Å². The quantitative estimate of drug-likeness (QED) is 0.657. The van der Waals surface area contributed by atoms with Gasteiger partial charge in [-0.05, 0) is 32.0 Å². The Morgan fingerprint density at radius 1 is 1.25 bits per heavy atom. The van der Waals surface area contributed by atoms with E-state index in [1.165, 1.54) is 4.88 Å². The first-order chi connectivity index (χ1) is 9.67. The van der Waals surface area contributed by atoms with Crippen LogP contribution in [-0.2, 0) is 0 Å². The maximum Gasteiger partial charge on any atom is 0.162 e. The van der Waals surface area contributed by atoms with Gasteiger partial charge in [0.15, 0.2) is 5.82 Å². The highest BCUT2D eigenvalue weighted by Crippen LogP contribution is 2.31. The molecule has 0 N–H and O–H groups in total. The molecular formula is C15H13ClN2OS. The summed E-state index contributed by atoms with van der Waals surface area (Å²) in [7, 11) is 0. The van der Waals surface area contributed by atoms with Crippen LogP contribution in [0.4, 0.5) is 0 Å². The number of aromatic nitrogens is 2. The minimum Gasteiger partial charge on any atom is -0.494 e. The zero-order chi connectivity index (χ0) is 14.1. The van der Waals surface area contributed by atoms with Gasteiger partial charge in [0.1, 0.15) is 15.7 Å². The van der Waals surface area contributed by atoms with Gasteiger partial charge in [0.2, 0.25) is 0 Å². The third-order valence-electron chi connectivity index (χ3n) is 2.87. The van der Waals surface area contributed by atoms with E-state index in [1.54, 1.807) is 11.3 Å². The number of halogens is 1. The van der Waals surface area contributed by atoms with Crippen LogP contribution in [0.2, 0.25) is 5.15 Å². The molecule has 0 amide bonds. The molecule has 3 rings (SSSR count). The highest BCUT2D eigenvalue weighted by molar-refractivity contribution is 7.18. The molecule has 0 unspecified atom stereocenters. The maximum absolute atomic E-state index is 6.25. The number of hydrogen-bond donors (Lipinski definition) is 0. The summed E-state index contributed by atoms with van der Waals surface area (Å²) in [6, 6.07) is 9.76. The number of nitrogens with zero attached hydrogens (tertiary/aromatic N) is 2. The molecule has 5 heteroatoms. The summed E-state index contributed by atoms with van der Waals surface area (Å²) in [5.74, 6) is 1.44. The fraction of sp³-hybridized carbons (Fsp3) is 0.200. The van der Waals surface area contributed by atoms with Crippen molar-refractivity contribution in [3.63, 3.8) is 0 Å². The van der Waals surface area contributed by atoms with E-state index in [0.29, 0.717) is 17.6 Å². The van der Waals surface area contributed by atoms with Gasteiger partial charge >= 0.3 is 0 Å². The first kappa shape index (κ1) is 13.3. The topological polar surface area (TPSA) is 35.0 Å². The molecule has 1 aromatic carbocycles. The molecule has 102 valence electrons. The Morgan fingerprint density at radius 3 is 2.90 bits per heavy atom. The number of thiophene rings is 1. The standard InChI is InChI=1S/C15H13ClN2OS/c1-3-19-11-6-4-5-10(8-11)14-17-13(16)12-7-9(2)20-15(12)18-14/h4-8H,3H2,1-2H3. The largest absolute Gasteiger partial charge is 0.494 e. The fourth-order valence-corrected chi connectivity index (χ4v) is 3.19. The van der Waals surface area contributed by atoms with Crippen LogP contribution in [-0.4, -0.2) is 16.6 Å². The number of aryl methyl sites for hydroxylation is 1. The van der Waals surface area contributed by atoms with E-state index in [2.05, 4.69) is 9.97 Å². The predicted octanol–water partition coefficient (Wildman–Crippen LogP) is 4.72. The van der Waals surface area contributed by atoms with Crippen LogP contribution in [0.15, 0.2) is 30.3 Å². The Hall–Kier alpha value is -1.65. The molecule has 0 aliphatic heterocycles. The van der Waals surface area contributed by atoms with Gasteiger partial charge in [-0.1, -0.05) is 23.7 Å². The summed E-state index contributed by atoms with van der Waals surface area (Å²) in [5, 5.41) is 1.41. The number of benzene rings is 1. The molecule has 0 bridgehead atoms. The second-order valence-corrected chi connectivity index (χ2v) is 5.97. The van der Waals surface area contributed by atoms with Crippen molar-refractivity contribution in [3.8, 4) is 17.1 Å². The Bertz CT molecular complexity index is 770. The van der Waals surface area contributed by atoms with Gasteiger partial charge in [-0.2, -0.15) is 0 Å². The van der Waals surface area contributed by atoms with Gasteiger partial charge in [0, 0.05) is 15.8 Å². The molecule has 0 spiro atoms. The molecule has 3 aromatic rings. The van der Waals surface area contributed by atoms with Crippen molar-refractivity contribution in [3.05, 3.63) is 40.4 Å². The smallest absolute Gasteiger partial charge is 0.162 e. The third-order valence-corrected chi connectivity index (χ3v) is 4.11. The molecule has 0 fully saturated rings. The van der Waals surface area contributed by atoms with Gasteiger partial charge in [0.05, 0.1) is 6.61 Å². The Labute approximate surface area is 126 Å². The lowest BCUT2D eigenvalue weighted by molar-refractivity contribution is 0.340. The predicted molar refractivity (Wildman–Crippen MR) is 83.8 cm³/mol. The lowest BCUT2D eigenvalue weighted by atomic mass is 10.2. The number of hydrogen-bond acceptors (Lipinski definition) is 4. The lowest BCUT2D eigenvalue weighted by Crippen LogP contribution is -1.93. The zero-order valence-electron chi connectivity index (χ0n) is 11.2. The molecule has 0 saturated carbocycles. The van der Waals surface area contributed by atoms with Crippen LogP contribution in [0, 0.1) is 6.92 Å². The number of fused-ring (bicyclic) bond motifs is 1. The van der Waals surface area contributed by atoms with Crippen LogP contribution < -0.4 is 4.74 Å². The SMILES string of the molecule is CCOc1cccc(-c2nc(Cl)c3cc(C)sc3n2)c1. The van der Waals surface area contributed by atoms with E-state index in [-0.39, 0.29) is 0 Å². The van der Waals surface area contributed by atoms with E-state index in [0.717, 1.165) is 21.5 Å². The number of ether oxygens (including phenoxy) is 1. The molecule has 3 nitrogen and oxygen atoms in total. The average molecular weight is 305 g/mol. The molecule has 0 saturated heterocycles. The van der Waals surface area contributed by atoms with E-state index >= 15 is 0 Å². The van der Waals surface area contributed by atoms with Gasteiger partial charge < -0.3 is 4.74 Å². The molecule has 2 heterocycles. The molecule has 0 atom stereocenters. The van der Waals surface area contributed by atoms with E-state index < -0.39 is 0 Å². The van der Waals surface area contributed by atoms with Crippen LogP contribution >= 0.6 is 22.9 Å². The lowest BCUT2D eigenvalue weighted by Gasteiger charge is -2.05. The van der Waals surface area contributed by atoms with Gasteiger partial charge in [-0.25, -0.2) is 9.97 Å². The molecule has 0 aliphatic rings. The van der Waals surface area contributed by atoms with E-state index in [9.17, 15) is 0 Å². The summed E-state index contributed by atoms with van der Waals surface area (Å²) < 4.78 is 5.50. The van der Waals surface area contributed by atoms with Gasteiger partial charge in [-0.15, -0.1) is 11.3 Å². The van der Waals surface area contributed by atoms with Crippen molar-refractivity contribution in [2.75, 3.05) is 6.61 Å². The van der Waals surface area contributed by atoms with Crippen molar-refractivity contribution < 1.29 is 4.74 Å². The van der Waals surface area contributed by atoms with Crippen LogP contribution in [0.25, 0.3) is 21.6 Å². The molecular weight excluding hydrogens is 292 g/mol. The third kappa shape index (κ3) is 2.49. The first-order valence-electron chi connectivity index (χ1n) is 6.34. The van der Waals surface area contributed by atoms with Crippen molar-refractivity contribution in [2.45, 2.75) is 13.8 Å². The summed E-state index contributed by atoms with van der Waals surface area (Å²) >= 11 is 7.87. The fourth-order valence-electron chi connectivity index (χ4n) is 2.03. The summed E-state index contributed by atoms with van der Waals surface area (Å²) in [6.07, 6.45) is 0. The van der Waals surface area contributed by atoms with Crippen molar-refractivity contribution in [1.29, 1.82) is 0 Å². The average Bonchev–Trinajstić information content (AvgIpc) is 2.80. The second-order valence-electron chi connectivity index (χ2n) is 4.37. The van der Waals surface area contributed by atoms with Gasteiger partial charge in [-0.3, -0.25) is 0 Å². The Kier molecular flexibility index (Phi) is 3.59.